The monoisotopic (exact) mass is 681 g/mol. The third-order valence-corrected chi connectivity index (χ3v) is 14.7. The molecule has 0 aliphatic carbocycles. The Morgan fingerprint density at radius 2 is 0.981 bits per heavy atom. The molecule has 0 aliphatic rings. The van der Waals surface area contributed by atoms with Gasteiger partial charge in [0.25, 0.3) is 0 Å². The fraction of sp³-hybridized carbons (Fsp3) is 0. The largest absolute Gasteiger partial charge is 0.277 e. The quantitative estimate of drug-likeness (QED) is 0.129. The van der Waals surface area contributed by atoms with Crippen molar-refractivity contribution >= 4 is 50.6 Å². The standard InChI is InChI=1S/C46H31N5Si/c47-32-43-48-45(50-46(49-43)51-42-30-14-13-27-40(42)41-29-16-28-39(44(41)51)33-17-5-1-6-18-33)34-19-15-26-38(31-34)52(35-20-7-2-8-21-35,36-22-9-3-10-23-36)37-24-11-4-12-25-37/h1-31H. The number of nitrogens with zero attached hydrogens (tertiary/aromatic N) is 5. The molecule has 244 valence electrons. The van der Waals surface area contributed by atoms with E-state index in [1.807, 2.05) is 30.3 Å². The number of rotatable bonds is 7. The predicted octanol–water partition coefficient (Wildman–Crippen LogP) is 7.55. The van der Waals surface area contributed by atoms with Crippen molar-refractivity contribution in [3.8, 4) is 34.5 Å². The van der Waals surface area contributed by atoms with Crippen LogP contribution in [0.25, 0.3) is 50.3 Å². The summed E-state index contributed by atoms with van der Waals surface area (Å²) in [5.74, 6) is 0.911. The Bertz CT molecular complexity index is 2640. The maximum atomic E-state index is 10.3. The van der Waals surface area contributed by atoms with Crippen molar-refractivity contribution in [3.63, 3.8) is 0 Å². The summed E-state index contributed by atoms with van der Waals surface area (Å²) in [5, 5.41) is 17.5. The molecule has 2 heterocycles. The Morgan fingerprint density at radius 1 is 0.462 bits per heavy atom. The minimum atomic E-state index is -2.81. The molecule has 0 aliphatic heterocycles. The van der Waals surface area contributed by atoms with E-state index in [2.05, 4.69) is 168 Å². The molecule has 6 heteroatoms. The second-order valence-corrected chi connectivity index (χ2v) is 16.6. The number of fused-ring (bicyclic) bond motifs is 3. The van der Waals surface area contributed by atoms with Crippen molar-refractivity contribution in [2.75, 3.05) is 0 Å². The Morgan fingerprint density at radius 3 is 1.62 bits per heavy atom. The van der Waals surface area contributed by atoms with Gasteiger partial charge in [-0.2, -0.15) is 20.2 Å². The number of para-hydroxylation sites is 2. The zero-order valence-corrected chi connectivity index (χ0v) is 29.1. The predicted molar refractivity (Wildman–Crippen MR) is 213 cm³/mol. The van der Waals surface area contributed by atoms with Crippen LogP contribution in [0.2, 0.25) is 0 Å². The Balaban J connectivity index is 1.30. The third kappa shape index (κ3) is 5.11. The van der Waals surface area contributed by atoms with Crippen molar-refractivity contribution in [2.45, 2.75) is 0 Å². The van der Waals surface area contributed by atoms with Crippen LogP contribution in [0.5, 0.6) is 0 Å². The molecule has 0 N–H and O–H groups in total. The van der Waals surface area contributed by atoms with Gasteiger partial charge in [-0.1, -0.05) is 182 Å². The highest BCUT2D eigenvalue weighted by Gasteiger charge is 2.41. The maximum Gasteiger partial charge on any atom is 0.239 e. The van der Waals surface area contributed by atoms with Crippen molar-refractivity contribution in [3.05, 3.63) is 194 Å². The van der Waals surface area contributed by atoms with E-state index in [4.69, 9.17) is 15.0 Å². The summed E-state index contributed by atoms with van der Waals surface area (Å²) >= 11 is 0. The molecule has 0 fully saturated rings. The third-order valence-electron chi connectivity index (χ3n) is 9.88. The van der Waals surface area contributed by atoms with E-state index in [9.17, 15) is 5.26 Å². The van der Waals surface area contributed by atoms with Crippen LogP contribution in [0.15, 0.2) is 188 Å². The van der Waals surface area contributed by atoms with Crippen molar-refractivity contribution in [1.82, 2.24) is 19.5 Å². The highest BCUT2D eigenvalue weighted by atomic mass is 28.3. The molecule has 5 nitrogen and oxygen atoms in total. The smallest absolute Gasteiger partial charge is 0.239 e. The summed E-state index contributed by atoms with van der Waals surface area (Å²) in [7, 11) is -2.81. The van der Waals surface area contributed by atoms with Gasteiger partial charge in [-0.3, -0.25) is 4.57 Å². The molecule has 52 heavy (non-hydrogen) atoms. The molecule has 0 bridgehead atoms. The molecular weight excluding hydrogens is 651 g/mol. The molecule has 9 aromatic rings. The minimum Gasteiger partial charge on any atom is -0.277 e. The second-order valence-electron chi connectivity index (χ2n) is 12.7. The van der Waals surface area contributed by atoms with E-state index in [1.54, 1.807) is 0 Å². The van der Waals surface area contributed by atoms with Gasteiger partial charge in [-0.25, -0.2) is 0 Å². The lowest BCUT2D eigenvalue weighted by Crippen LogP contribution is -2.74. The second kappa shape index (κ2) is 13.1. The molecule has 0 spiro atoms. The minimum absolute atomic E-state index is 0.0613. The molecule has 0 radical (unpaired) electrons. The number of aromatic nitrogens is 4. The number of benzene rings is 7. The zero-order valence-electron chi connectivity index (χ0n) is 28.1. The van der Waals surface area contributed by atoms with Gasteiger partial charge >= 0.3 is 0 Å². The average molecular weight is 682 g/mol. The van der Waals surface area contributed by atoms with Crippen LogP contribution in [0.4, 0.5) is 0 Å². The lowest BCUT2D eigenvalue weighted by molar-refractivity contribution is 0.931. The SMILES string of the molecule is N#Cc1nc(-c2cccc([Si](c3ccccc3)(c3ccccc3)c3ccccc3)c2)nc(-n2c3ccccc3c3cccc(-c4ccccc4)c32)n1. The zero-order chi connectivity index (χ0) is 34.9. The van der Waals surface area contributed by atoms with Gasteiger partial charge in [0.05, 0.1) is 11.0 Å². The molecule has 0 amide bonds. The highest BCUT2D eigenvalue weighted by Crippen LogP contribution is 2.37. The Kier molecular flexibility index (Phi) is 7.81. The normalized spacial score (nSPS) is 11.4. The first kappa shape index (κ1) is 31.1. The summed E-state index contributed by atoms with van der Waals surface area (Å²) in [5.41, 5.74) is 4.90. The fourth-order valence-corrected chi connectivity index (χ4v) is 12.5. The van der Waals surface area contributed by atoms with E-state index in [-0.39, 0.29) is 5.82 Å². The number of nitriles is 1. The Labute approximate surface area is 302 Å². The van der Waals surface area contributed by atoms with Gasteiger partial charge in [0.15, 0.2) is 13.9 Å². The molecule has 9 rings (SSSR count). The maximum absolute atomic E-state index is 10.3. The number of hydrogen-bond donors (Lipinski definition) is 0. The van der Waals surface area contributed by atoms with Crippen LogP contribution in [-0.2, 0) is 0 Å². The summed E-state index contributed by atoms with van der Waals surface area (Å²) in [6.07, 6.45) is 0. The molecule has 0 unspecified atom stereocenters. The van der Waals surface area contributed by atoms with Crippen molar-refractivity contribution in [2.24, 2.45) is 0 Å². The molecular formula is C46H31N5Si. The van der Waals surface area contributed by atoms with Crippen LogP contribution >= 0.6 is 0 Å². The molecule has 2 aromatic heterocycles. The summed E-state index contributed by atoms with van der Waals surface area (Å²) in [6, 6.07) is 68.3. The number of hydrogen-bond acceptors (Lipinski definition) is 4. The van der Waals surface area contributed by atoms with E-state index < -0.39 is 8.07 Å². The molecule has 0 saturated carbocycles. The average Bonchev–Trinajstić information content (AvgIpc) is 3.57. The summed E-state index contributed by atoms with van der Waals surface area (Å²) in [6.45, 7) is 0. The highest BCUT2D eigenvalue weighted by molar-refractivity contribution is 7.19. The molecule has 0 saturated heterocycles. The van der Waals surface area contributed by atoms with Gasteiger partial charge < -0.3 is 0 Å². The van der Waals surface area contributed by atoms with Gasteiger partial charge in [0, 0.05) is 21.9 Å². The van der Waals surface area contributed by atoms with Crippen LogP contribution in [-0.4, -0.2) is 27.6 Å². The Hall–Kier alpha value is -6.94. The van der Waals surface area contributed by atoms with E-state index in [0.717, 1.165) is 38.5 Å². The molecule has 7 aromatic carbocycles. The first-order chi connectivity index (χ1) is 25.8. The summed E-state index contributed by atoms with van der Waals surface area (Å²) in [4.78, 5) is 14.7. The lowest BCUT2D eigenvalue weighted by atomic mass is 10.0. The van der Waals surface area contributed by atoms with Crippen molar-refractivity contribution in [1.29, 1.82) is 5.26 Å². The van der Waals surface area contributed by atoms with Gasteiger partial charge in [-0.15, -0.1) is 0 Å². The first-order valence-electron chi connectivity index (χ1n) is 17.3. The van der Waals surface area contributed by atoms with E-state index in [1.165, 1.54) is 20.7 Å². The summed E-state index contributed by atoms with van der Waals surface area (Å²) < 4.78 is 2.08. The first-order valence-corrected chi connectivity index (χ1v) is 19.3. The van der Waals surface area contributed by atoms with Crippen LogP contribution in [0, 0.1) is 11.3 Å². The van der Waals surface area contributed by atoms with E-state index in [0.29, 0.717) is 11.8 Å². The fourth-order valence-electron chi connectivity index (χ4n) is 7.68. The van der Waals surface area contributed by atoms with Gasteiger partial charge in [0.2, 0.25) is 11.8 Å². The van der Waals surface area contributed by atoms with Gasteiger partial charge in [0.1, 0.15) is 6.07 Å². The lowest BCUT2D eigenvalue weighted by Gasteiger charge is -2.34. The topological polar surface area (TPSA) is 67.4 Å². The van der Waals surface area contributed by atoms with E-state index >= 15 is 0 Å². The van der Waals surface area contributed by atoms with Crippen LogP contribution < -0.4 is 20.7 Å². The van der Waals surface area contributed by atoms with Crippen LogP contribution in [0.1, 0.15) is 5.82 Å². The molecule has 0 atom stereocenters. The van der Waals surface area contributed by atoms with Crippen LogP contribution in [0.3, 0.4) is 0 Å². The van der Waals surface area contributed by atoms with Crippen molar-refractivity contribution < 1.29 is 0 Å². The van der Waals surface area contributed by atoms with Gasteiger partial charge in [-0.05, 0) is 32.4 Å².